The monoisotopic (exact) mass is 315 g/mol. The lowest BCUT2D eigenvalue weighted by Gasteiger charge is -2.32. The predicted molar refractivity (Wildman–Crippen MR) is 84.0 cm³/mol. The van der Waals surface area contributed by atoms with Gasteiger partial charge in [0.1, 0.15) is 6.79 Å². The van der Waals surface area contributed by atoms with Gasteiger partial charge in [0.25, 0.3) is 0 Å². The van der Waals surface area contributed by atoms with Crippen LogP contribution in [0.4, 0.5) is 5.69 Å². The van der Waals surface area contributed by atoms with Crippen LogP contribution in [0.25, 0.3) is 0 Å². The van der Waals surface area contributed by atoms with E-state index in [4.69, 9.17) is 26.6 Å². The van der Waals surface area contributed by atoms with E-state index >= 15 is 0 Å². The van der Waals surface area contributed by atoms with Gasteiger partial charge in [-0.05, 0) is 37.5 Å². The van der Waals surface area contributed by atoms with Gasteiger partial charge in [-0.3, -0.25) is 4.79 Å². The Morgan fingerprint density at radius 3 is 2.29 bits per heavy atom. The minimum atomic E-state index is -0.681. The predicted octanol–water partition coefficient (Wildman–Crippen LogP) is 2.37. The number of anilines is 1. The number of aliphatic carboxylic acids is 1. The van der Waals surface area contributed by atoms with Crippen molar-refractivity contribution in [1.82, 2.24) is 0 Å². The second-order valence-corrected chi connectivity index (χ2v) is 4.96. The van der Waals surface area contributed by atoms with E-state index in [0.717, 1.165) is 30.9 Å². The molecule has 0 unspecified atom stereocenters. The minimum Gasteiger partial charge on any atom is -0.481 e. The van der Waals surface area contributed by atoms with Gasteiger partial charge in [-0.1, -0.05) is 17.7 Å². The van der Waals surface area contributed by atoms with Crippen LogP contribution in [-0.2, 0) is 9.59 Å². The molecule has 21 heavy (non-hydrogen) atoms. The minimum absolute atomic E-state index is 0.199. The fraction of sp³-hybridized carbons (Fsp3) is 0.467. The molecule has 1 saturated heterocycles. The first kappa shape index (κ1) is 19.4. The number of piperidine rings is 1. The van der Waals surface area contributed by atoms with Crippen LogP contribution in [0.5, 0.6) is 0 Å². The molecular weight excluding hydrogens is 294 g/mol. The smallest absolute Gasteiger partial charge is 0.306 e. The molecular formula is C15H22ClNO4. The van der Waals surface area contributed by atoms with E-state index in [0.29, 0.717) is 12.8 Å². The van der Waals surface area contributed by atoms with Gasteiger partial charge in [0.15, 0.2) is 0 Å². The van der Waals surface area contributed by atoms with E-state index in [1.807, 2.05) is 25.8 Å². The third-order valence-corrected chi connectivity index (χ3v) is 3.61. The van der Waals surface area contributed by atoms with Crippen molar-refractivity contribution in [2.24, 2.45) is 5.92 Å². The van der Waals surface area contributed by atoms with Crippen LogP contribution in [0.1, 0.15) is 18.4 Å². The molecule has 5 nitrogen and oxygen atoms in total. The van der Waals surface area contributed by atoms with Crippen molar-refractivity contribution in [3.63, 3.8) is 0 Å². The van der Waals surface area contributed by atoms with Gasteiger partial charge in [0.05, 0.1) is 16.6 Å². The van der Waals surface area contributed by atoms with Crippen LogP contribution in [0.2, 0.25) is 5.02 Å². The molecule has 0 atom stereocenters. The molecule has 0 bridgehead atoms. The number of carboxylic acids is 1. The topological polar surface area (TPSA) is 77.8 Å². The lowest BCUT2D eigenvalue weighted by Crippen LogP contribution is -2.36. The van der Waals surface area contributed by atoms with Crippen LogP contribution in [0, 0.1) is 12.8 Å². The summed E-state index contributed by atoms with van der Waals surface area (Å²) in [5.74, 6) is -0.880. The van der Waals surface area contributed by atoms with Gasteiger partial charge in [-0.15, -0.1) is 0 Å². The molecule has 2 N–H and O–H groups in total. The standard InChI is InChI=1S/C13H16ClNO2.CH4O.CH2O/c1-9-2-3-11(14)12(8-9)15-6-4-10(5-7-15)13(16)17;2*1-2/h2-3,8,10H,4-7H2,1H3,(H,16,17);2H,1H3;1H2. The summed E-state index contributed by atoms with van der Waals surface area (Å²) in [5, 5.41) is 16.7. The molecule has 0 saturated carbocycles. The molecule has 1 aromatic rings. The fourth-order valence-electron chi connectivity index (χ4n) is 2.23. The fourth-order valence-corrected chi connectivity index (χ4v) is 2.47. The van der Waals surface area contributed by atoms with Crippen molar-refractivity contribution < 1.29 is 19.8 Å². The van der Waals surface area contributed by atoms with E-state index in [9.17, 15) is 4.79 Å². The first-order valence-corrected chi connectivity index (χ1v) is 6.93. The molecule has 0 aromatic heterocycles. The molecule has 1 aliphatic rings. The molecule has 2 rings (SSSR count). The number of carbonyl (C=O) groups is 2. The summed E-state index contributed by atoms with van der Waals surface area (Å²) in [6.45, 7) is 5.56. The zero-order chi connectivity index (χ0) is 16.4. The Morgan fingerprint density at radius 1 is 1.29 bits per heavy atom. The zero-order valence-corrected chi connectivity index (χ0v) is 13.1. The van der Waals surface area contributed by atoms with Crippen LogP contribution in [-0.4, -0.2) is 43.2 Å². The molecule has 1 fully saturated rings. The molecule has 0 radical (unpaired) electrons. The van der Waals surface area contributed by atoms with Crippen molar-refractivity contribution in [3.05, 3.63) is 28.8 Å². The number of benzene rings is 1. The van der Waals surface area contributed by atoms with E-state index in [1.54, 1.807) is 0 Å². The first-order valence-electron chi connectivity index (χ1n) is 6.55. The van der Waals surface area contributed by atoms with Crippen molar-refractivity contribution in [1.29, 1.82) is 0 Å². The summed E-state index contributed by atoms with van der Waals surface area (Å²) >= 11 is 6.17. The Bertz CT molecular complexity index is 445. The van der Waals surface area contributed by atoms with E-state index in [2.05, 4.69) is 11.0 Å². The summed E-state index contributed by atoms with van der Waals surface area (Å²) in [6, 6.07) is 5.94. The number of carboxylic acid groups (broad SMARTS) is 1. The average Bonchev–Trinajstić information content (AvgIpc) is 2.54. The van der Waals surface area contributed by atoms with Gasteiger partial charge in [-0.2, -0.15) is 0 Å². The van der Waals surface area contributed by atoms with Crippen molar-refractivity contribution in [2.75, 3.05) is 25.1 Å². The first-order chi connectivity index (χ1) is 10.1. The van der Waals surface area contributed by atoms with Gasteiger partial charge in [0, 0.05) is 20.2 Å². The quantitative estimate of drug-likeness (QED) is 0.876. The average molecular weight is 316 g/mol. The summed E-state index contributed by atoms with van der Waals surface area (Å²) in [7, 11) is 1.00. The second kappa shape index (κ2) is 10.2. The van der Waals surface area contributed by atoms with Crippen molar-refractivity contribution in [2.45, 2.75) is 19.8 Å². The Morgan fingerprint density at radius 2 is 1.81 bits per heavy atom. The summed E-state index contributed by atoms with van der Waals surface area (Å²) < 4.78 is 0. The number of nitrogens with zero attached hydrogens (tertiary/aromatic N) is 1. The highest BCUT2D eigenvalue weighted by Crippen LogP contribution is 2.30. The Hall–Kier alpha value is -1.59. The molecule has 0 aliphatic carbocycles. The molecule has 1 heterocycles. The van der Waals surface area contributed by atoms with E-state index in [-0.39, 0.29) is 5.92 Å². The second-order valence-electron chi connectivity index (χ2n) is 4.55. The maximum Gasteiger partial charge on any atom is 0.306 e. The lowest BCUT2D eigenvalue weighted by atomic mass is 9.96. The van der Waals surface area contributed by atoms with Gasteiger partial charge >= 0.3 is 5.97 Å². The van der Waals surface area contributed by atoms with Crippen LogP contribution in [0.3, 0.4) is 0 Å². The number of aliphatic hydroxyl groups excluding tert-OH is 1. The van der Waals surface area contributed by atoms with Gasteiger partial charge < -0.3 is 19.9 Å². The number of halogens is 1. The summed E-state index contributed by atoms with van der Waals surface area (Å²) in [4.78, 5) is 21.0. The van der Waals surface area contributed by atoms with Gasteiger partial charge in [-0.25, -0.2) is 0 Å². The number of aliphatic hydroxyl groups is 1. The van der Waals surface area contributed by atoms with Crippen molar-refractivity contribution >= 4 is 30.0 Å². The zero-order valence-electron chi connectivity index (χ0n) is 12.4. The number of rotatable bonds is 2. The molecule has 6 heteroatoms. The largest absolute Gasteiger partial charge is 0.481 e. The third kappa shape index (κ3) is 5.73. The molecule has 0 amide bonds. The van der Waals surface area contributed by atoms with Crippen LogP contribution < -0.4 is 4.90 Å². The van der Waals surface area contributed by atoms with Crippen molar-refractivity contribution in [3.8, 4) is 0 Å². The van der Waals surface area contributed by atoms with Crippen LogP contribution in [0.15, 0.2) is 18.2 Å². The Labute approximate surface area is 130 Å². The normalized spacial score (nSPS) is 14.4. The SMILES string of the molecule is C=O.CO.Cc1ccc(Cl)c(N2CCC(C(=O)O)CC2)c1. The Balaban J connectivity index is 0.000000921. The van der Waals surface area contributed by atoms with E-state index < -0.39 is 5.97 Å². The highest BCUT2D eigenvalue weighted by Gasteiger charge is 2.25. The maximum atomic E-state index is 10.9. The molecule has 1 aromatic carbocycles. The number of aryl methyl sites for hydroxylation is 1. The summed E-state index contributed by atoms with van der Waals surface area (Å²) in [5.41, 5.74) is 2.19. The molecule has 0 spiro atoms. The highest BCUT2D eigenvalue weighted by atomic mass is 35.5. The lowest BCUT2D eigenvalue weighted by molar-refractivity contribution is -0.142. The summed E-state index contributed by atoms with van der Waals surface area (Å²) in [6.07, 6.45) is 1.39. The third-order valence-electron chi connectivity index (χ3n) is 3.29. The number of hydrogen-bond donors (Lipinski definition) is 2. The molecule has 1 aliphatic heterocycles. The Kier molecular flexibility index (Phi) is 9.41. The maximum absolute atomic E-state index is 10.9. The highest BCUT2D eigenvalue weighted by molar-refractivity contribution is 6.33. The number of hydrogen-bond acceptors (Lipinski definition) is 4. The van der Waals surface area contributed by atoms with Gasteiger partial charge in [0.2, 0.25) is 0 Å². The van der Waals surface area contributed by atoms with Crippen LogP contribution >= 0.6 is 11.6 Å². The number of carbonyl (C=O) groups excluding carboxylic acids is 1. The van der Waals surface area contributed by atoms with E-state index in [1.165, 1.54) is 5.56 Å². The molecule has 118 valence electrons.